The molecule has 0 unspecified atom stereocenters. The van der Waals surface area contributed by atoms with Gasteiger partial charge in [0, 0.05) is 31.7 Å². The Bertz CT molecular complexity index is 409. The minimum atomic E-state index is -0.112. The van der Waals surface area contributed by atoms with Gasteiger partial charge in [0.2, 0.25) is 0 Å². The summed E-state index contributed by atoms with van der Waals surface area (Å²) in [4.78, 5) is 2.52. The van der Waals surface area contributed by atoms with Crippen molar-refractivity contribution >= 4 is 0 Å². The summed E-state index contributed by atoms with van der Waals surface area (Å²) in [6.07, 6.45) is 0.966. The van der Waals surface area contributed by atoms with Gasteiger partial charge in [-0.3, -0.25) is 4.90 Å². The summed E-state index contributed by atoms with van der Waals surface area (Å²) in [5.41, 5.74) is 2.09. The topological polar surface area (TPSA) is 15.3 Å². The highest BCUT2D eigenvalue weighted by atomic mass is 19.1. The van der Waals surface area contributed by atoms with Crippen LogP contribution in [0.4, 0.5) is 4.39 Å². The highest BCUT2D eigenvalue weighted by Gasteiger charge is 2.27. The predicted molar refractivity (Wildman–Crippen MR) is 73.4 cm³/mol. The zero-order chi connectivity index (χ0) is 13.2. The molecular formula is C15H23FN2. The molecule has 0 aromatic heterocycles. The van der Waals surface area contributed by atoms with Crippen molar-refractivity contribution < 1.29 is 4.39 Å². The van der Waals surface area contributed by atoms with Gasteiger partial charge in [0.05, 0.1) is 0 Å². The molecule has 0 bridgehead atoms. The van der Waals surface area contributed by atoms with Crippen LogP contribution in [-0.4, -0.2) is 36.6 Å². The van der Waals surface area contributed by atoms with Crippen LogP contribution in [0, 0.1) is 12.7 Å². The van der Waals surface area contributed by atoms with Crippen molar-refractivity contribution in [2.24, 2.45) is 0 Å². The molecule has 1 fully saturated rings. The first-order valence-electron chi connectivity index (χ1n) is 6.70. The average molecular weight is 250 g/mol. The standard InChI is InChI=1S/C15H23FN2/c1-12-10-13(4-5-14(12)16)11-15(2,3)18-8-6-17-7-9-18/h4-5,10,17H,6-9,11H2,1-3H3. The van der Waals surface area contributed by atoms with Crippen LogP contribution < -0.4 is 5.32 Å². The molecular weight excluding hydrogens is 227 g/mol. The molecule has 1 aromatic carbocycles. The first-order valence-corrected chi connectivity index (χ1v) is 6.70. The Morgan fingerprint density at radius 3 is 2.56 bits per heavy atom. The van der Waals surface area contributed by atoms with Crippen LogP contribution in [0.3, 0.4) is 0 Å². The Hall–Kier alpha value is -0.930. The third kappa shape index (κ3) is 3.09. The first-order chi connectivity index (χ1) is 8.49. The van der Waals surface area contributed by atoms with Gasteiger partial charge in [0.1, 0.15) is 5.82 Å². The van der Waals surface area contributed by atoms with E-state index in [4.69, 9.17) is 0 Å². The van der Waals surface area contributed by atoms with E-state index in [1.807, 2.05) is 19.1 Å². The molecule has 1 aliphatic rings. The van der Waals surface area contributed by atoms with Gasteiger partial charge in [-0.25, -0.2) is 4.39 Å². The maximum Gasteiger partial charge on any atom is 0.126 e. The van der Waals surface area contributed by atoms with Crippen molar-refractivity contribution in [2.75, 3.05) is 26.2 Å². The van der Waals surface area contributed by atoms with Crippen LogP contribution >= 0.6 is 0 Å². The van der Waals surface area contributed by atoms with Gasteiger partial charge in [-0.05, 0) is 44.4 Å². The number of hydrogen-bond acceptors (Lipinski definition) is 2. The molecule has 2 rings (SSSR count). The Balaban J connectivity index is 2.08. The fourth-order valence-electron chi connectivity index (χ4n) is 2.70. The molecule has 0 radical (unpaired) electrons. The van der Waals surface area contributed by atoms with Crippen LogP contribution in [0.1, 0.15) is 25.0 Å². The maximum absolute atomic E-state index is 13.3. The second-order valence-electron chi connectivity index (χ2n) is 5.81. The number of rotatable bonds is 3. The smallest absolute Gasteiger partial charge is 0.126 e. The number of aryl methyl sites for hydroxylation is 1. The lowest BCUT2D eigenvalue weighted by Crippen LogP contribution is -2.54. The summed E-state index contributed by atoms with van der Waals surface area (Å²) in [5.74, 6) is -0.112. The van der Waals surface area contributed by atoms with Crippen LogP contribution in [0.5, 0.6) is 0 Å². The maximum atomic E-state index is 13.3. The lowest BCUT2D eigenvalue weighted by atomic mass is 9.91. The SMILES string of the molecule is Cc1cc(CC(C)(C)N2CCNCC2)ccc1F. The largest absolute Gasteiger partial charge is 0.314 e. The Morgan fingerprint density at radius 1 is 1.28 bits per heavy atom. The van der Waals surface area contributed by atoms with Crippen molar-refractivity contribution in [1.29, 1.82) is 0 Å². The van der Waals surface area contributed by atoms with Crippen molar-refractivity contribution in [1.82, 2.24) is 10.2 Å². The molecule has 3 heteroatoms. The highest BCUT2D eigenvalue weighted by molar-refractivity contribution is 5.25. The number of halogens is 1. The third-order valence-corrected chi connectivity index (χ3v) is 3.83. The van der Waals surface area contributed by atoms with Gasteiger partial charge >= 0.3 is 0 Å². The van der Waals surface area contributed by atoms with Crippen molar-refractivity contribution in [3.05, 3.63) is 35.1 Å². The molecule has 0 aliphatic carbocycles. The molecule has 0 amide bonds. The minimum Gasteiger partial charge on any atom is -0.314 e. The fraction of sp³-hybridized carbons (Fsp3) is 0.600. The predicted octanol–water partition coefficient (Wildman–Crippen LogP) is 2.36. The Morgan fingerprint density at radius 2 is 1.94 bits per heavy atom. The lowest BCUT2D eigenvalue weighted by molar-refractivity contribution is 0.103. The van der Waals surface area contributed by atoms with Gasteiger partial charge in [0.25, 0.3) is 0 Å². The number of nitrogens with one attached hydrogen (secondary N) is 1. The van der Waals surface area contributed by atoms with Gasteiger partial charge in [-0.1, -0.05) is 12.1 Å². The zero-order valence-electron chi connectivity index (χ0n) is 11.6. The van der Waals surface area contributed by atoms with E-state index in [0.717, 1.165) is 38.2 Å². The molecule has 1 aromatic rings. The zero-order valence-corrected chi connectivity index (χ0v) is 11.6. The highest BCUT2D eigenvalue weighted by Crippen LogP contribution is 2.22. The molecule has 2 nitrogen and oxygen atoms in total. The molecule has 1 heterocycles. The van der Waals surface area contributed by atoms with E-state index in [2.05, 4.69) is 24.1 Å². The molecule has 0 spiro atoms. The average Bonchev–Trinajstić information content (AvgIpc) is 2.35. The van der Waals surface area contributed by atoms with Crippen molar-refractivity contribution in [2.45, 2.75) is 32.7 Å². The molecule has 1 saturated heterocycles. The van der Waals surface area contributed by atoms with E-state index in [-0.39, 0.29) is 11.4 Å². The van der Waals surface area contributed by atoms with E-state index >= 15 is 0 Å². The van der Waals surface area contributed by atoms with E-state index in [9.17, 15) is 4.39 Å². The van der Waals surface area contributed by atoms with E-state index in [1.165, 1.54) is 5.56 Å². The molecule has 0 atom stereocenters. The Labute approximate surface area is 109 Å². The van der Waals surface area contributed by atoms with Crippen LogP contribution in [0.2, 0.25) is 0 Å². The number of nitrogens with zero attached hydrogens (tertiary/aromatic N) is 1. The van der Waals surface area contributed by atoms with Gasteiger partial charge < -0.3 is 5.32 Å². The third-order valence-electron chi connectivity index (χ3n) is 3.83. The summed E-state index contributed by atoms with van der Waals surface area (Å²) in [5, 5.41) is 3.38. The summed E-state index contributed by atoms with van der Waals surface area (Å²) >= 11 is 0. The quantitative estimate of drug-likeness (QED) is 0.886. The molecule has 18 heavy (non-hydrogen) atoms. The van der Waals surface area contributed by atoms with Crippen LogP contribution in [-0.2, 0) is 6.42 Å². The van der Waals surface area contributed by atoms with Crippen molar-refractivity contribution in [3.63, 3.8) is 0 Å². The number of piperazine rings is 1. The minimum absolute atomic E-state index is 0.112. The lowest BCUT2D eigenvalue weighted by Gasteiger charge is -2.41. The van der Waals surface area contributed by atoms with Gasteiger partial charge in [-0.2, -0.15) is 0 Å². The van der Waals surface area contributed by atoms with Gasteiger partial charge in [-0.15, -0.1) is 0 Å². The molecule has 100 valence electrons. The summed E-state index contributed by atoms with van der Waals surface area (Å²) < 4.78 is 13.3. The van der Waals surface area contributed by atoms with E-state index in [1.54, 1.807) is 6.07 Å². The number of hydrogen-bond donors (Lipinski definition) is 1. The van der Waals surface area contributed by atoms with E-state index < -0.39 is 0 Å². The summed E-state index contributed by atoms with van der Waals surface area (Å²) in [7, 11) is 0. The first kappa shape index (κ1) is 13.5. The molecule has 0 saturated carbocycles. The number of benzene rings is 1. The molecule has 1 N–H and O–H groups in total. The second-order valence-corrected chi connectivity index (χ2v) is 5.81. The van der Waals surface area contributed by atoms with Crippen molar-refractivity contribution in [3.8, 4) is 0 Å². The monoisotopic (exact) mass is 250 g/mol. The van der Waals surface area contributed by atoms with Crippen LogP contribution in [0.25, 0.3) is 0 Å². The molecule has 1 aliphatic heterocycles. The Kier molecular flexibility index (Phi) is 4.03. The normalized spacial score (nSPS) is 18.0. The van der Waals surface area contributed by atoms with E-state index in [0.29, 0.717) is 0 Å². The second kappa shape index (κ2) is 5.37. The van der Waals surface area contributed by atoms with Gasteiger partial charge in [0.15, 0.2) is 0 Å². The summed E-state index contributed by atoms with van der Waals surface area (Å²) in [6.45, 7) is 10.7. The summed E-state index contributed by atoms with van der Waals surface area (Å²) in [6, 6.07) is 5.46. The van der Waals surface area contributed by atoms with Crippen LogP contribution in [0.15, 0.2) is 18.2 Å². The fourth-order valence-corrected chi connectivity index (χ4v) is 2.70.